The van der Waals surface area contributed by atoms with Gasteiger partial charge in [-0.25, -0.2) is 10.8 Å². The van der Waals surface area contributed by atoms with Crippen LogP contribution in [0.2, 0.25) is 0 Å². The third-order valence-corrected chi connectivity index (χ3v) is 4.46. The zero-order valence-corrected chi connectivity index (χ0v) is 12.1. The molecule has 1 aromatic carbocycles. The van der Waals surface area contributed by atoms with Crippen LogP contribution >= 0.6 is 11.3 Å². The summed E-state index contributed by atoms with van der Waals surface area (Å²) < 4.78 is 0. The van der Waals surface area contributed by atoms with E-state index in [1.54, 1.807) is 11.3 Å². The second-order valence-electron chi connectivity index (χ2n) is 4.87. The zero-order chi connectivity index (χ0) is 13.8. The number of rotatable bonds is 4. The monoisotopic (exact) mass is 289 g/mol. The van der Waals surface area contributed by atoms with Crippen molar-refractivity contribution >= 4 is 22.2 Å². The van der Waals surface area contributed by atoms with Crippen molar-refractivity contribution in [2.75, 3.05) is 36.5 Å². The number of para-hydroxylation sites is 1. The Bertz CT molecular complexity index is 534. The van der Waals surface area contributed by atoms with Crippen LogP contribution in [0.25, 0.3) is 0 Å². The van der Waals surface area contributed by atoms with Crippen LogP contribution in [0.15, 0.2) is 36.5 Å². The van der Waals surface area contributed by atoms with Gasteiger partial charge < -0.3 is 4.90 Å². The van der Waals surface area contributed by atoms with Crippen molar-refractivity contribution in [2.24, 2.45) is 5.84 Å². The van der Waals surface area contributed by atoms with Gasteiger partial charge in [0.25, 0.3) is 0 Å². The third kappa shape index (κ3) is 3.09. The van der Waals surface area contributed by atoms with Crippen LogP contribution in [0, 0.1) is 0 Å². The Balaban J connectivity index is 1.53. The van der Waals surface area contributed by atoms with Crippen molar-refractivity contribution in [2.45, 2.75) is 6.54 Å². The fourth-order valence-electron chi connectivity index (χ4n) is 2.47. The molecule has 20 heavy (non-hydrogen) atoms. The maximum absolute atomic E-state index is 5.36. The first kappa shape index (κ1) is 13.4. The van der Waals surface area contributed by atoms with E-state index in [9.17, 15) is 0 Å². The molecule has 1 aliphatic heterocycles. The molecule has 0 aliphatic carbocycles. The second-order valence-corrected chi connectivity index (χ2v) is 5.99. The summed E-state index contributed by atoms with van der Waals surface area (Å²) in [5.41, 5.74) is 3.91. The van der Waals surface area contributed by atoms with E-state index in [0.29, 0.717) is 0 Å². The van der Waals surface area contributed by atoms with Crippen molar-refractivity contribution in [1.82, 2.24) is 9.88 Å². The number of nitrogens with one attached hydrogen (secondary N) is 1. The van der Waals surface area contributed by atoms with E-state index in [1.165, 1.54) is 10.6 Å². The summed E-state index contributed by atoms with van der Waals surface area (Å²) in [7, 11) is 0. The van der Waals surface area contributed by atoms with E-state index in [-0.39, 0.29) is 0 Å². The van der Waals surface area contributed by atoms with E-state index in [2.05, 4.69) is 50.5 Å². The highest BCUT2D eigenvalue weighted by Crippen LogP contribution is 2.20. The summed E-state index contributed by atoms with van der Waals surface area (Å²) in [5.74, 6) is 5.36. The Labute approximate surface area is 123 Å². The number of hydrazine groups is 1. The van der Waals surface area contributed by atoms with Crippen molar-refractivity contribution in [1.29, 1.82) is 0 Å². The number of nitrogen functional groups attached to an aromatic ring is 1. The number of piperazine rings is 1. The molecule has 0 bridgehead atoms. The minimum atomic E-state index is 0.780. The summed E-state index contributed by atoms with van der Waals surface area (Å²) in [4.78, 5) is 10.4. The van der Waals surface area contributed by atoms with Crippen LogP contribution in [0.1, 0.15) is 4.88 Å². The molecule has 2 aromatic rings. The number of aromatic nitrogens is 1. The molecule has 3 N–H and O–H groups in total. The third-order valence-electron chi connectivity index (χ3n) is 3.55. The molecule has 0 radical (unpaired) electrons. The van der Waals surface area contributed by atoms with Crippen molar-refractivity contribution < 1.29 is 0 Å². The first-order valence-corrected chi connectivity index (χ1v) is 7.60. The van der Waals surface area contributed by atoms with Crippen molar-refractivity contribution in [3.05, 3.63) is 41.4 Å². The molecule has 106 valence electrons. The molecule has 0 unspecified atom stereocenters. The fraction of sp³-hybridized carbons (Fsp3) is 0.357. The van der Waals surface area contributed by atoms with Gasteiger partial charge in [0.05, 0.1) is 0 Å². The quantitative estimate of drug-likeness (QED) is 0.663. The van der Waals surface area contributed by atoms with Gasteiger partial charge in [0, 0.05) is 49.5 Å². The second kappa shape index (κ2) is 6.21. The number of nitrogens with zero attached hydrogens (tertiary/aromatic N) is 3. The van der Waals surface area contributed by atoms with Crippen molar-refractivity contribution in [3.8, 4) is 0 Å². The number of benzene rings is 1. The summed E-state index contributed by atoms with van der Waals surface area (Å²) in [5, 5.41) is 0.780. The van der Waals surface area contributed by atoms with E-state index >= 15 is 0 Å². The Hall–Kier alpha value is -1.63. The predicted octanol–water partition coefficient (Wildman–Crippen LogP) is 1.75. The van der Waals surface area contributed by atoms with E-state index in [0.717, 1.165) is 37.9 Å². The Kier molecular flexibility index (Phi) is 4.15. The van der Waals surface area contributed by atoms with Gasteiger partial charge in [0.2, 0.25) is 0 Å². The molecule has 0 amide bonds. The number of hydrogen-bond donors (Lipinski definition) is 2. The standard InChI is InChI=1S/C14H19N5S/c15-17-14-16-10-13(20-14)11-18-6-8-19(9-7-18)12-4-2-1-3-5-12/h1-5,10H,6-9,11,15H2,(H,16,17). The van der Waals surface area contributed by atoms with Crippen molar-refractivity contribution in [3.63, 3.8) is 0 Å². The van der Waals surface area contributed by atoms with Crippen LogP contribution in [0.5, 0.6) is 0 Å². The number of thiazole rings is 1. The van der Waals surface area contributed by atoms with Crippen LogP contribution in [-0.2, 0) is 6.54 Å². The highest BCUT2D eigenvalue weighted by molar-refractivity contribution is 7.15. The summed E-state index contributed by atoms with van der Waals surface area (Å²) >= 11 is 1.62. The molecule has 2 heterocycles. The fourth-order valence-corrected chi connectivity index (χ4v) is 3.24. The van der Waals surface area contributed by atoms with E-state index in [4.69, 9.17) is 5.84 Å². The lowest BCUT2D eigenvalue weighted by molar-refractivity contribution is 0.252. The minimum Gasteiger partial charge on any atom is -0.369 e. The molecule has 1 aliphatic rings. The Morgan fingerprint density at radius 1 is 1.15 bits per heavy atom. The molecule has 0 saturated carbocycles. The highest BCUT2D eigenvalue weighted by Gasteiger charge is 2.17. The van der Waals surface area contributed by atoms with Gasteiger partial charge in [0.1, 0.15) is 0 Å². The minimum absolute atomic E-state index is 0.780. The summed E-state index contributed by atoms with van der Waals surface area (Å²) in [6.07, 6.45) is 1.91. The number of anilines is 2. The van der Waals surface area contributed by atoms with Gasteiger partial charge in [-0.2, -0.15) is 0 Å². The SMILES string of the molecule is NNc1ncc(CN2CCN(c3ccccc3)CC2)s1. The zero-order valence-electron chi connectivity index (χ0n) is 11.3. The average Bonchev–Trinajstić information content (AvgIpc) is 2.97. The highest BCUT2D eigenvalue weighted by atomic mass is 32.1. The normalized spacial score (nSPS) is 16.4. The Morgan fingerprint density at radius 2 is 1.90 bits per heavy atom. The lowest BCUT2D eigenvalue weighted by Crippen LogP contribution is -2.45. The first-order chi connectivity index (χ1) is 9.85. The largest absolute Gasteiger partial charge is 0.369 e. The number of hydrogen-bond acceptors (Lipinski definition) is 6. The van der Waals surface area contributed by atoms with Gasteiger partial charge in [0.15, 0.2) is 5.13 Å². The molecule has 3 rings (SSSR count). The van der Waals surface area contributed by atoms with Gasteiger partial charge in [-0.3, -0.25) is 10.3 Å². The van der Waals surface area contributed by atoms with Gasteiger partial charge in [-0.1, -0.05) is 29.5 Å². The van der Waals surface area contributed by atoms with Gasteiger partial charge in [-0.15, -0.1) is 0 Å². The maximum atomic E-state index is 5.36. The molecular formula is C14H19N5S. The Morgan fingerprint density at radius 3 is 2.55 bits per heavy atom. The average molecular weight is 289 g/mol. The van der Waals surface area contributed by atoms with Gasteiger partial charge in [-0.05, 0) is 12.1 Å². The molecule has 1 saturated heterocycles. The van der Waals surface area contributed by atoms with E-state index < -0.39 is 0 Å². The molecule has 1 fully saturated rings. The van der Waals surface area contributed by atoms with Crippen LogP contribution in [-0.4, -0.2) is 36.1 Å². The predicted molar refractivity (Wildman–Crippen MR) is 83.9 cm³/mol. The summed E-state index contributed by atoms with van der Waals surface area (Å²) in [6, 6.07) is 10.6. The van der Waals surface area contributed by atoms with Crippen LogP contribution < -0.4 is 16.2 Å². The van der Waals surface area contributed by atoms with E-state index in [1.807, 2.05) is 6.20 Å². The summed E-state index contributed by atoms with van der Waals surface area (Å²) in [6.45, 7) is 5.27. The lowest BCUT2D eigenvalue weighted by Gasteiger charge is -2.35. The van der Waals surface area contributed by atoms with Crippen LogP contribution in [0.4, 0.5) is 10.8 Å². The van der Waals surface area contributed by atoms with Gasteiger partial charge >= 0.3 is 0 Å². The first-order valence-electron chi connectivity index (χ1n) is 6.79. The molecule has 6 heteroatoms. The lowest BCUT2D eigenvalue weighted by atomic mass is 10.2. The topological polar surface area (TPSA) is 57.4 Å². The molecular weight excluding hydrogens is 270 g/mol. The molecule has 0 spiro atoms. The number of nitrogens with two attached hydrogens (primary N) is 1. The molecule has 5 nitrogen and oxygen atoms in total. The molecule has 1 aromatic heterocycles. The van der Waals surface area contributed by atoms with Crippen LogP contribution in [0.3, 0.4) is 0 Å². The maximum Gasteiger partial charge on any atom is 0.197 e. The smallest absolute Gasteiger partial charge is 0.197 e. The molecule has 0 atom stereocenters.